The standard InChI is InChI=1S/C21H15Cl2FN8O/c1-2-31(18-13(9-25)17(26)29-20(27)30-18)21-28-15-5-3-4-14(23)16(15)19(33)32(21)12-7-10(22)6-11(24)8-12/h3-8H,2H2,1H3,(H4,26,27,29,30). The lowest BCUT2D eigenvalue weighted by molar-refractivity contribution is 0.626. The third-order valence-electron chi connectivity index (χ3n) is 4.79. The van der Waals surface area contributed by atoms with Crippen LogP contribution in [0.4, 0.5) is 27.9 Å². The van der Waals surface area contributed by atoms with E-state index < -0.39 is 11.4 Å². The van der Waals surface area contributed by atoms with Crippen molar-refractivity contribution in [3.8, 4) is 11.8 Å². The van der Waals surface area contributed by atoms with Crippen LogP contribution in [0.3, 0.4) is 0 Å². The van der Waals surface area contributed by atoms with E-state index in [0.29, 0.717) is 0 Å². The Morgan fingerprint density at radius 1 is 1.18 bits per heavy atom. The molecule has 2 aromatic carbocycles. The van der Waals surface area contributed by atoms with Crippen LogP contribution >= 0.6 is 23.2 Å². The second-order valence-electron chi connectivity index (χ2n) is 6.84. The first-order valence-corrected chi connectivity index (χ1v) is 10.3. The van der Waals surface area contributed by atoms with Gasteiger partial charge in [0.15, 0.2) is 5.82 Å². The molecule has 0 amide bonds. The minimum absolute atomic E-state index is 0.0212. The molecule has 0 fully saturated rings. The zero-order chi connectivity index (χ0) is 23.9. The van der Waals surface area contributed by atoms with Crippen LogP contribution in [0.1, 0.15) is 12.5 Å². The van der Waals surface area contributed by atoms with Crippen LogP contribution < -0.4 is 21.9 Å². The highest BCUT2D eigenvalue weighted by Gasteiger charge is 2.25. The van der Waals surface area contributed by atoms with E-state index in [4.69, 9.17) is 34.7 Å². The Balaban J connectivity index is 2.15. The van der Waals surface area contributed by atoms with Crippen molar-refractivity contribution in [3.05, 3.63) is 68.2 Å². The molecule has 0 saturated carbocycles. The molecule has 9 nitrogen and oxygen atoms in total. The Hall–Kier alpha value is -3.94. The molecule has 4 rings (SSSR count). The van der Waals surface area contributed by atoms with E-state index in [2.05, 4.69) is 15.0 Å². The first kappa shape index (κ1) is 22.3. The van der Waals surface area contributed by atoms with Crippen molar-refractivity contribution in [1.82, 2.24) is 19.5 Å². The van der Waals surface area contributed by atoms with Crippen molar-refractivity contribution in [2.75, 3.05) is 22.9 Å². The first-order valence-electron chi connectivity index (χ1n) is 9.53. The fraction of sp³-hybridized carbons (Fsp3) is 0.0952. The first-order chi connectivity index (χ1) is 15.7. The number of nitrogens with zero attached hydrogens (tertiary/aromatic N) is 6. The van der Waals surface area contributed by atoms with Crippen LogP contribution in [0.15, 0.2) is 41.2 Å². The number of anilines is 4. The number of aromatic nitrogens is 4. The van der Waals surface area contributed by atoms with Crippen molar-refractivity contribution >= 4 is 57.6 Å². The molecule has 0 unspecified atom stereocenters. The summed E-state index contributed by atoms with van der Waals surface area (Å²) in [7, 11) is 0. The van der Waals surface area contributed by atoms with Crippen LogP contribution in [0, 0.1) is 17.1 Å². The largest absolute Gasteiger partial charge is 0.382 e. The zero-order valence-electron chi connectivity index (χ0n) is 17.1. The summed E-state index contributed by atoms with van der Waals surface area (Å²) in [4.78, 5) is 27.7. The molecule has 0 aliphatic rings. The van der Waals surface area contributed by atoms with Gasteiger partial charge in [0.05, 0.1) is 21.6 Å². The summed E-state index contributed by atoms with van der Waals surface area (Å²) in [5.41, 5.74) is 11.4. The average Bonchev–Trinajstić information content (AvgIpc) is 2.73. The van der Waals surface area contributed by atoms with Gasteiger partial charge < -0.3 is 11.5 Å². The molecule has 33 heavy (non-hydrogen) atoms. The average molecular weight is 485 g/mol. The minimum Gasteiger partial charge on any atom is -0.382 e. The third-order valence-corrected chi connectivity index (χ3v) is 5.33. The number of nitrogens with two attached hydrogens (primary N) is 2. The maximum absolute atomic E-state index is 14.2. The Morgan fingerprint density at radius 2 is 1.94 bits per heavy atom. The number of nitriles is 1. The number of benzene rings is 2. The van der Waals surface area contributed by atoms with Crippen LogP contribution in [0.5, 0.6) is 0 Å². The highest BCUT2D eigenvalue weighted by Crippen LogP contribution is 2.31. The van der Waals surface area contributed by atoms with Crippen molar-refractivity contribution in [2.24, 2.45) is 0 Å². The lowest BCUT2D eigenvalue weighted by Crippen LogP contribution is -2.31. The summed E-state index contributed by atoms with van der Waals surface area (Å²) in [6.07, 6.45) is 0. The molecule has 2 aromatic heterocycles. The summed E-state index contributed by atoms with van der Waals surface area (Å²) >= 11 is 12.4. The maximum Gasteiger partial charge on any atom is 0.268 e. The molecule has 0 aliphatic carbocycles. The van der Waals surface area contributed by atoms with Crippen LogP contribution in [-0.2, 0) is 0 Å². The molecular weight excluding hydrogens is 470 g/mol. The second-order valence-corrected chi connectivity index (χ2v) is 7.68. The number of halogens is 3. The molecule has 0 spiro atoms. The van der Waals surface area contributed by atoms with Crippen molar-refractivity contribution in [1.29, 1.82) is 5.26 Å². The number of hydrogen-bond donors (Lipinski definition) is 2. The normalized spacial score (nSPS) is 10.9. The molecule has 2 heterocycles. The topological polar surface area (TPSA) is 140 Å². The monoisotopic (exact) mass is 484 g/mol. The summed E-state index contributed by atoms with van der Waals surface area (Å²) in [6, 6.07) is 10.4. The molecule has 4 N–H and O–H groups in total. The number of hydrogen-bond acceptors (Lipinski definition) is 8. The van der Waals surface area contributed by atoms with E-state index in [0.717, 1.165) is 16.7 Å². The van der Waals surface area contributed by atoms with Crippen LogP contribution in [0.2, 0.25) is 10.0 Å². The summed E-state index contributed by atoms with van der Waals surface area (Å²) in [5.74, 6) is -0.912. The molecule has 0 saturated heterocycles. The second kappa shape index (κ2) is 8.54. The fourth-order valence-corrected chi connectivity index (χ4v) is 3.90. The van der Waals surface area contributed by atoms with Crippen molar-refractivity contribution in [2.45, 2.75) is 6.92 Å². The van der Waals surface area contributed by atoms with Gasteiger partial charge in [-0.05, 0) is 37.3 Å². The van der Waals surface area contributed by atoms with Gasteiger partial charge in [-0.1, -0.05) is 29.3 Å². The summed E-state index contributed by atoms with van der Waals surface area (Å²) in [6.45, 7) is 1.93. The van der Waals surface area contributed by atoms with Gasteiger partial charge in [0.2, 0.25) is 11.9 Å². The van der Waals surface area contributed by atoms with E-state index in [1.807, 2.05) is 6.07 Å². The van der Waals surface area contributed by atoms with E-state index in [1.165, 1.54) is 11.0 Å². The van der Waals surface area contributed by atoms with Crippen LogP contribution in [-0.4, -0.2) is 26.1 Å². The molecule has 0 radical (unpaired) electrons. The minimum atomic E-state index is -0.661. The third kappa shape index (κ3) is 3.88. The Kier molecular flexibility index (Phi) is 5.76. The van der Waals surface area contributed by atoms with E-state index in [-0.39, 0.29) is 62.3 Å². The molecule has 4 aromatic rings. The highest BCUT2D eigenvalue weighted by molar-refractivity contribution is 6.35. The lowest BCUT2D eigenvalue weighted by atomic mass is 10.2. The zero-order valence-corrected chi connectivity index (χ0v) is 18.6. The lowest BCUT2D eigenvalue weighted by Gasteiger charge is -2.26. The molecule has 0 aliphatic heterocycles. The Bertz CT molecular complexity index is 1500. The van der Waals surface area contributed by atoms with Gasteiger partial charge in [-0.25, -0.2) is 13.9 Å². The Labute approximate surface area is 196 Å². The molecule has 12 heteroatoms. The van der Waals surface area contributed by atoms with Gasteiger partial charge in [-0.15, -0.1) is 0 Å². The smallest absolute Gasteiger partial charge is 0.268 e. The summed E-state index contributed by atoms with van der Waals surface area (Å²) < 4.78 is 15.4. The fourth-order valence-electron chi connectivity index (χ4n) is 3.43. The van der Waals surface area contributed by atoms with Gasteiger partial charge in [0.1, 0.15) is 23.3 Å². The predicted octanol–water partition coefficient (Wildman–Crippen LogP) is 3.82. The summed E-state index contributed by atoms with van der Waals surface area (Å²) in [5, 5.41) is 10.0. The van der Waals surface area contributed by atoms with Gasteiger partial charge in [-0.2, -0.15) is 15.2 Å². The predicted molar refractivity (Wildman–Crippen MR) is 126 cm³/mol. The molecule has 0 atom stereocenters. The van der Waals surface area contributed by atoms with Crippen molar-refractivity contribution in [3.63, 3.8) is 0 Å². The van der Waals surface area contributed by atoms with E-state index >= 15 is 0 Å². The molecular formula is C21H15Cl2FN8O. The van der Waals surface area contributed by atoms with Crippen molar-refractivity contribution < 1.29 is 4.39 Å². The maximum atomic E-state index is 14.2. The molecule has 166 valence electrons. The number of nitrogen functional groups attached to an aromatic ring is 2. The highest BCUT2D eigenvalue weighted by atomic mass is 35.5. The number of rotatable bonds is 4. The van der Waals surface area contributed by atoms with E-state index in [9.17, 15) is 14.4 Å². The van der Waals surface area contributed by atoms with Crippen LogP contribution in [0.25, 0.3) is 16.6 Å². The van der Waals surface area contributed by atoms with Gasteiger partial charge in [0, 0.05) is 11.6 Å². The van der Waals surface area contributed by atoms with Gasteiger partial charge in [-0.3, -0.25) is 9.69 Å². The number of fused-ring (bicyclic) bond motifs is 1. The molecule has 0 bridgehead atoms. The SMILES string of the molecule is CCN(c1nc(N)nc(N)c1C#N)c1nc2cccc(Cl)c2c(=O)n1-c1cc(F)cc(Cl)c1. The quantitative estimate of drug-likeness (QED) is 0.445. The van der Waals surface area contributed by atoms with Gasteiger partial charge in [0.25, 0.3) is 5.56 Å². The Morgan fingerprint density at radius 3 is 2.61 bits per heavy atom. The van der Waals surface area contributed by atoms with Gasteiger partial charge >= 0.3 is 0 Å². The van der Waals surface area contributed by atoms with E-state index in [1.54, 1.807) is 25.1 Å².